The van der Waals surface area contributed by atoms with Gasteiger partial charge in [-0.15, -0.1) is 0 Å². The molecule has 2 aromatic rings. The van der Waals surface area contributed by atoms with Crippen LogP contribution in [0.1, 0.15) is 16.7 Å². The quantitative estimate of drug-likeness (QED) is 0.907. The second-order valence-electron chi connectivity index (χ2n) is 5.16. The molecular weight excluding hydrogens is 250 g/mol. The zero-order valence-corrected chi connectivity index (χ0v) is 11.6. The minimum atomic E-state index is -0.438. The number of carbonyl (C=O) groups excluding carboxylic acids is 1. The summed E-state index contributed by atoms with van der Waals surface area (Å²) in [5.41, 5.74) is 4.21. The summed E-state index contributed by atoms with van der Waals surface area (Å²) < 4.78 is 5.70. The van der Waals surface area contributed by atoms with Gasteiger partial charge in [0.25, 0.3) is 5.91 Å². The van der Waals surface area contributed by atoms with Gasteiger partial charge in [0.05, 0.1) is 0 Å². The lowest BCUT2D eigenvalue weighted by atomic mass is 10.1. The normalized spacial score (nSPS) is 16.4. The Hall–Kier alpha value is -2.29. The molecule has 3 heteroatoms. The van der Waals surface area contributed by atoms with Gasteiger partial charge < -0.3 is 10.1 Å². The second kappa shape index (κ2) is 5.00. The van der Waals surface area contributed by atoms with Crippen molar-refractivity contribution in [2.75, 3.05) is 5.32 Å². The van der Waals surface area contributed by atoms with E-state index < -0.39 is 6.10 Å². The van der Waals surface area contributed by atoms with Crippen LogP contribution in [-0.2, 0) is 11.2 Å². The Kier molecular flexibility index (Phi) is 3.18. The Balaban J connectivity index is 1.74. The number of fused-ring (bicyclic) bond motifs is 1. The molecule has 1 aliphatic heterocycles. The van der Waals surface area contributed by atoms with Gasteiger partial charge in [0.1, 0.15) is 5.75 Å². The van der Waals surface area contributed by atoms with Gasteiger partial charge in [0.15, 0.2) is 6.10 Å². The van der Waals surface area contributed by atoms with Crippen LogP contribution < -0.4 is 10.1 Å². The highest BCUT2D eigenvalue weighted by molar-refractivity contribution is 5.95. The first-order chi connectivity index (χ1) is 9.65. The maximum atomic E-state index is 12.3. The Bertz CT molecular complexity index is 639. The molecule has 0 saturated heterocycles. The molecule has 1 aliphatic rings. The smallest absolute Gasteiger partial charge is 0.265 e. The van der Waals surface area contributed by atoms with Crippen molar-refractivity contribution >= 4 is 11.6 Å². The van der Waals surface area contributed by atoms with Crippen LogP contribution >= 0.6 is 0 Å². The summed E-state index contributed by atoms with van der Waals surface area (Å²) >= 11 is 0. The third-order valence-corrected chi connectivity index (χ3v) is 3.80. The summed E-state index contributed by atoms with van der Waals surface area (Å²) in [6, 6.07) is 13.7. The van der Waals surface area contributed by atoms with Gasteiger partial charge in [-0.1, -0.05) is 30.3 Å². The van der Waals surface area contributed by atoms with E-state index in [2.05, 4.69) is 5.32 Å². The van der Waals surface area contributed by atoms with Crippen LogP contribution in [0, 0.1) is 13.8 Å². The molecule has 3 rings (SSSR count). The number of carbonyl (C=O) groups is 1. The first kappa shape index (κ1) is 12.7. The molecule has 0 aromatic heterocycles. The highest BCUT2D eigenvalue weighted by Crippen LogP contribution is 2.29. The predicted octanol–water partition coefficient (Wildman–Crippen LogP) is 3.25. The lowest BCUT2D eigenvalue weighted by molar-refractivity contribution is -0.122. The molecule has 0 radical (unpaired) electrons. The maximum Gasteiger partial charge on any atom is 0.265 e. The van der Waals surface area contributed by atoms with E-state index in [0.717, 1.165) is 22.6 Å². The van der Waals surface area contributed by atoms with Crippen molar-refractivity contribution < 1.29 is 9.53 Å². The molecule has 2 aromatic carbocycles. The molecule has 1 unspecified atom stereocenters. The van der Waals surface area contributed by atoms with Gasteiger partial charge in [0, 0.05) is 12.1 Å². The number of nitrogens with one attached hydrogen (secondary N) is 1. The SMILES string of the molecule is Cc1cccc(NC(=O)C2Cc3ccccc3O2)c1C. The average molecular weight is 267 g/mol. The third-order valence-electron chi connectivity index (χ3n) is 3.80. The van der Waals surface area contributed by atoms with Crippen LogP contribution in [-0.4, -0.2) is 12.0 Å². The van der Waals surface area contributed by atoms with E-state index in [9.17, 15) is 4.79 Å². The molecule has 0 fully saturated rings. The summed E-state index contributed by atoms with van der Waals surface area (Å²) in [6.45, 7) is 4.04. The number of hydrogen-bond donors (Lipinski definition) is 1. The number of benzene rings is 2. The van der Waals surface area contributed by atoms with Crippen LogP contribution in [0.15, 0.2) is 42.5 Å². The topological polar surface area (TPSA) is 38.3 Å². The summed E-state index contributed by atoms with van der Waals surface area (Å²) in [5.74, 6) is 0.725. The Labute approximate surface area is 118 Å². The largest absolute Gasteiger partial charge is 0.480 e. The van der Waals surface area contributed by atoms with E-state index >= 15 is 0 Å². The van der Waals surface area contributed by atoms with E-state index in [0.29, 0.717) is 6.42 Å². The molecule has 20 heavy (non-hydrogen) atoms. The molecule has 0 bridgehead atoms. The summed E-state index contributed by atoms with van der Waals surface area (Å²) in [7, 11) is 0. The van der Waals surface area contributed by atoms with Gasteiger partial charge >= 0.3 is 0 Å². The Morgan fingerprint density at radius 1 is 1.15 bits per heavy atom. The van der Waals surface area contributed by atoms with Crippen molar-refractivity contribution in [1.29, 1.82) is 0 Å². The van der Waals surface area contributed by atoms with Crippen LogP contribution in [0.2, 0.25) is 0 Å². The molecule has 1 atom stereocenters. The van der Waals surface area contributed by atoms with Gasteiger partial charge in [-0.3, -0.25) is 4.79 Å². The molecule has 1 heterocycles. The molecule has 0 aliphatic carbocycles. The van der Waals surface area contributed by atoms with Crippen molar-refractivity contribution in [3.63, 3.8) is 0 Å². The first-order valence-electron chi connectivity index (χ1n) is 6.77. The zero-order chi connectivity index (χ0) is 14.1. The van der Waals surface area contributed by atoms with E-state index in [1.807, 2.05) is 56.3 Å². The number of anilines is 1. The average Bonchev–Trinajstić information content (AvgIpc) is 2.88. The van der Waals surface area contributed by atoms with E-state index in [1.54, 1.807) is 0 Å². The lowest BCUT2D eigenvalue weighted by Crippen LogP contribution is -2.31. The predicted molar refractivity (Wildman–Crippen MR) is 79.1 cm³/mol. The second-order valence-corrected chi connectivity index (χ2v) is 5.16. The Morgan fingerprint density at radius 2 is 1.95 bits per heavy atom. The number of amides is 1. The van der Waals surface area contributed by atoms with Crippen molar-refractivity contribution in [3.8, 4) is 5.75 Å². The van der Waals surface area contributed by atoms with Crippen LogP contribution in [0.25, 0.3) is 0 Å². The van der Waals surface area contributed by atoms with Gasteiger partial charge in [-0.05, 0) is 42.7 Å². The first-order valence-corrected chi connectivity index (χ1v) is 6.77. The number of ether oxygens (including phenoxy) is 1. The molecule has 1 N–H and O–H groups in total. The van der Waals surface area contributed by atoms with Crippen LogP contribution in [0.3, 0.4) is 0 Å². The summed E-state index contributed by atoms with van der Waals surface area (Å²) in [5, 5.41) is 2.96. The number of rotatable bonds is 2. The minimum Gasteiger partial charge on any atom is -0.480 e. The van der Waals surface area contributed by atoms with Crippen LogP contribution in [0.4, 0.5) is 5.69 Å². The van der Waals surface area contributed by atoms with Gasteiger partial charge in [0.2, 0.25) is 0 Å². The molecule has 3 nitrogen and oxygen atoms in total. The molecular formula is C17H17NO2. The number of para-hydroxylation sites is 1. The lowest BCUT2D eigenvalue weighted by Gasteiger charge is -2.14. The van der Waals surface area contributed by atoms with Crippen molar-refractivity contribution in [2.24, 2.45) is 0 Å². The summed E-state index contributed by atoms with van der Waals surface area (Å²) in [6.07, 6.45) is 0.194. The zero-order valence-electron chi connectivity index (χ0n) is 11.6. The highest BCUT2D eigenvalue weighted by Gasteiger charge is 2.28. The fourth-order valence-corrected chi connectivity index (χ4v) is 2.43. The Morgan fingerprint density at radius 3 is 2.75 bits per heavy atom. The fraction of sp³-hybridized carbons (Fsp3) is 0.235. The van der Waals surface area contributed by atoms with Crippen molar-refractivity contribution in [2.45, 2.75) is 26.4 Å². The van der Waals surface area contributed by atoms with Gasteiger partial charge in [-0.25, -0.2) is 0 Å². The molecule has 0 spiro atoms. The monoisotopic (exact) mass is 267 g/mol. The minimum absolute atomic E-state index is 0.0881. The van der Waals surface area contributed by atoms with E-state index in [-0.39, 0.29) is 5.91 Å². The van der Waals surface area contributed by atoms with Gasteiger partial charge in [-0.2, -0.15) is 0 Å². The molecule has 1 amide bonds. The maximum absolute atomic E-state index is 12.3. The molecule has 102 valence electrons. The highest BCUT2D eigenvalue weighted by atomic mass is 16.5. The van der Waals surface area contributed by atoms with Crippen molar-refractivity contribution in [1.82, 2.24) is 0 Å². The standard InChI is InChI=1S/C17H17NO2/c1-11-6-5-8-14(12(11)2)18-17(19)16-10-13-7-3-4-9-15(13)20-16/h3-9,16H,10H2,1-2H3,(H,18,19). The fourth-order valence-electron chi connectivity index (χ4n) is 2.43. The van der Waals surface area contributed by atoms with E-state index in [4.69, 9.17) is 4.74 Å². The number of aryl methyl sites for hydroxylation is 1. The van der Waals surface area contributed by atoms with Crippen molar-refractivity contribution in [3.05, 3.63) is 59.2 Å². The third kappa shape index (κ3) is 2.27. The molecule has 0 saturated carbocycles. The van der Waals surface area contributed by atoms with E-state index in [1.165, 1.54) is 5.56 Å². The van der Waals surface area contributed by atoms with Crippen LogP contribution in [0.5, 0.6) is 5.75 Å². The number of hydrogen-bond acceptors (Lipinski definition) is 2. The summed E-state index contributed by atoms with van der Waals surface area (Å²) in [4.78, 5) is 12.3.